The molecule has 1 aliphatic rings. The van der Waals surface area contributed by atoms with Crippen LogP contribution in [0.15, 0.2) is 140 Å². The third-order valence-electron chi connectivity index (χ3n) is 14.2. The van der Waals surface area contributed by atoms with E-state index in [0.29, 0.717) is 16.7 Å². The van der Waals surface area contributed by atoms with E-state index in [2.05, 4.69) is 42.5 Å². The first-order chi connectivity index (χ1) is 41.5. The second kappa shape index (κ2) is 31.8. The lowest BCUT2D eigenvalue weighted by atomic mass is 9.98. The van der Waals surface area contributed by atoms with Gasteiger partial charge in [0.15, 0.2) is 0 Å². The van der Waals surface area contributed by atoms with Crippen molar-refractivity contribution >= 4 is 65.4 Å². The number of ether oxygens (including phenoxy) is 1. The van der Waals surface area contributed by atoms with Crippen LogP contribution in [0.5, 0.6) is 0 Å². The Kier molecular flexibility index (Phi) is 24.2. The van der Waals surface area contributed by atoms with E-state index in [-0.39, 0.29) is 44.1 Å². The molecule has 24 heteroatoms. The van der Waals surface area contributed by atoms with Gasteiger partial charge in [-0.3, -0.25) is 43.2 Å². The van der Waals surface area contributed by atoms with Crippen molar-refractivity contribution in [2.45, 2.75) is 127 Å². The Morgan fingerprint density at radius 2 is 0.782 bits per heavy atom. The zero-order chi connectivity index (χ0) is 63.3. The molecule has 0 radical (unpaired) electrons. The highest BCUT2D eigenvalue weighted by molar-refractivity contribution is 5.99. The number of hydrogen-bond donors (Lipinski definition) is 12. The van der Waals surface area contributed by atoms with Gasteiger partial charge in [0.05, 0.1) is 18.9 Å². The van der Waals surface area contributed by atoms with Crippen molar-refractivity contribution in [1.29, 1.82) is 0 Å². The van der Waals surface area contributed by atoms with E-state index in [9.17, 15) is 73.2 Å². The number of nitrogens with one attached hydrogen (secondary N) is 8. The van der Waals surface area contributed by atoms with Crippen LogP contribution in [0.3, 0.4) is 0 Å². The fourth-order valence-corrected chi connectivity index (χ4v) is 9.83. The lowest BCUT2D eigenvalue weighted by molar-refractivity contribution is -0.143. The maximum Gasteiger partial charge on any atom is 0.407 e. The molecular weight excluding hydrogens is 1120 g/mol. The van der Waals surface area contributed by atoms with Crippen molar-refractivity contribution in [3.8, 4) is 11.1 Å². The molecule has 0 spiro atoms. The van der Waals surface area contributed by atoms with Gasteiger partial charge in [-0.1, -0.05) is 153 Å². The zero-order valence-corrected chi connectivity index (χ0v) is 48.3. The van der Waals surface area contributed by atoms with Crippen LogP contribution in [0.25, 0.3) is 11.1 Å². The average molecular weight is 1200 g/mol. The molecule has 12 N–H and O–H groups in total. The summed E-state index contributed by atoms with van der Waals surface area (Å²) in [4.78, 5) is 147. The molecule has 1 aliphatic carbocycles. The Bertz CT molecular complexity index is 3210. The quantitative estimate of drug-likeness (QED) is 0.0303. The van der Waals surface area contributed by atoms with E-state index >= 15 is 0 Å². The van der Waals surface area contributed by atoms with E-state index in [1.165, 1.54) is 6.92 Å². The fraction of sp³-hybridized carbons (Fsp3) is 0.349. The van der Waals surface area contributed by atoms with Crippen LogP contribution in [0.2, 0.25) is 0 Å². The van der Waals surface area contributed by atoms with E-state index < -0.39 is 133 Å². The molecule has 5 aromatic rings. The minimum absolute atomic E-state index is 0.0406. The smallest absolute Gasteiger partial charge is 0.407 e. The lowest BCUT2D eigenvalue weighted by Crippen LogP contribution is -2.62. The number of carbonyl (C=O) groups excluding carboxylic acids is 8. The molecule has 0 saturated heterocycles. The Hall–Kier alpha value is -9.97. The molecule has 460 valence electrons. The number of fused-ring (bicyclic) bond motifs is 3. The molecular formula is C63H72N8O16. The fourth-order valence-electron chi connectivity index (χ4n) is 9.83. The zero-order valence-electron chi connectivity index (χ0n) is 48.3. The average Bonchev–Trinajstić information content (AvgIpc) is 1.86. The molecule has 0 unspecified atom stereocenters. The third kappa shape index (κ3) is 19.8. The van der Waals surface area contributed by atoms with Gasteiger partial charge in [-0.05, 0) is 65.1 Å². The SMILES string of the molecule is CC(C)C[C@H](NC(=O)[C@@H](NC(=O)[C@H](Cc1ccccc1)NC(=O)[C@H](Cc1ccccc1)NC(=O)OCC1c2ccccc2-c2ccccc21)[C@H](C)O)C(=O)N[C@@H](CC(=O)O)C(=O)N[C@@H](C)C(=O)N[C@@H](CC(=O)O)C(=O)N[C@@H](Cc1ccccc1)C(=O)O. The summed E-state index contributed by atoms with van der Waals surface area (Å²) in [6, 6.07) is 28.0. The molecule has 5 aromatic carbocycles. The Morgan fingerprint density at radius 1 is 0.414 bits per heavy atom. The molecule has 0 fully saturated rings. The number of aliphatic hydroxyl groups is 1. The van der Waals surface area contributed by atoms with Crippen molar-refractivity contribution in [3.63, 3.8) is 0 Å². The number of hydrogen-bond acceptors (Lipinski definition) is 13. The first-order valence-electron chi connectivity index (χ1n) is 28.2. The van der Waals surface area contributed by atoms with Crippen LogP contribution in [0, 0.1) is 5.92 Å². The van der Waals surface area contributed by atoms with Gasteiger partial charge >= 0.3 is 24.0 Å². The van der Waals surface area contributed by atoms with Crippen LogP contribution < -0.4 is 42.5 Å². The van der Waals surface area contributed by atoms with Crippen LogP contribution in [0.1, 0.15) is 80.7 Å². The number of aliphatic hydroxyl groups excluding tert-OH is 1. The van der Waals surface area contributed by atoms with Crippen molar-refractivity contribution in [3.05, 3.63) is 167 Å². The van der Waals surface area contributed by atoms with E-state index in [0.717, 1.165) is 29.2 Å². The summed E-state index contributed by atoms with van der Waals surface area (Å²) in [5.74, 6) is -12.8. The summed E-state index contributed by atoms with van der Waals surface area (Å²) in [6.45, 7) is 5.58. The van der Waals surface area contributed by atoms with Crippen molar-refractivity contribution in [1.82, 2.24) is 42.5 Å². The summed E-state index contributed by atoms with van der Waals surface area (Å²) in [7, 11) is 0. The minimum atomic E-state index is -1.93. The van der Waals surface area contributed by atoms with Crippen LogP contribution in [-0.2, 0) is 71.9 Å². The number of amides is 8. The Balaban J connectivity index is 1.13. The number of carboxylic acids is 3. The Labute approximate surface area is 501 Å². The number of rotatable bonds is 31. The number of alkyl carbamates (subject to hydrolysis) is 1. The van der Waals surface area contributed by atoms with Gasteiger partial charge in [0.1, 0.15) is 54.9 Å². The van der Waals surface area contributed by atoms with E-state index in [1.807, 2.05) is 48.5 Å². The standard InChI is InChI=1S/C63H72N8O16/c1-35(2)28-46(57(79)67-49(32-52(73)74)56(78)64-36(3)55(77)65-50(33-53(75)76)59(81)69-51(62(84)85)31-40-22-12-7-13-23-40)68-61(83)54(37(4)72)71-60(82)47(29-38-18-8-5-9-19-38)66-58(80)48(30-39-20-10-6-11-21-39)70-63(86)87-34-45-43-26-16-14-24-41(43)42-25-15-17-27-44(42)45/h5-27,35-37,45-51,54,72H,28-34H2,1-4H3,(H,64,78)(H,65,77)(H,66,80)(H,67,79)(H,68,83)(H,69,81)(H,70,86)(H,71,82)(H,73,74)(H,75,76)(H,84,85)/t36-,37-,46-,47-,48-,49-,50-,51-,54-/m0/s1. The van der Waals surface area contributed by atoms with Crippen LogP contribution in [-0.4, -0.2) is 147 Å². The van der Waals surface area contributed by atoms with Gasteiger partial charge in [-0.25, -0.2) is 9.59 Å². The predicted molar refractivity (Wildman–Crippen MR) is 315 cm³/mol. The molecule has 8 amide bonds. The normalized spacial score (nSPS) is 14.6. The van der Waals surface area contributed by atoms with Crippen LogP contribution >= 0.6 is 0 Å². The highest BCUT2D eigenvalue weighted by atomic mass is 16.5. The summed E-state index contributed by atoms with van der Waals surface area (Å²) >= 11 is 0. The largest absolute Gasteiger partial charge is 0.481 e. The second-order valence-corrected chi connectivity index (χ2v) is 21.5. The maximum absolute atomic E-state index is 14.5. The summed E-state index contributed by atoms with van der Waals surface area (Å²) < 4.78 is 5.80. The molecule has 0 saturated carbocycles. The molecule has 9 atom stereocenters. The van der Waals surface area contributed by atoms with Crippen molar-refractivity contribution in [2.75, 3.05) is 6.61 Å². The van der Waals surface area contributed by atoms with Gasteiger partial charge < -0.3 is 67.7 Å². The highest BCUT2D eigenvalue weighted by Gasteiger charge is 2.37. The summed E-state index contributed by atoms with van der Waals surface area (Å²) in [6.07, 6.45) is -5.17. The van der Waals surface area contributed by atoms with Gasteiger partial charge in [-0.15, -0.1) is 0 Å². The summed E-state index contributed by atoms with van der Waals surface area (Å²) in [5.41, 5.74) is 5.71. The van der Waals surface area contributed by atoms with Crippen molar-refractivity contribution in [2.24, 2.45) is 5.92 Å². The van der Waals surface area contributed by atoms with Gasteiger partial charge in [-0.2, -0.15) is 0 Å². The molecule has 0 aliphatic heterocycles. The molecule has 0 bridgehead atoms. The first-order valence-corrected chi connectivity index (χ1v) is 28.2. The maximum atomic E-state index is 14.5. The number of benzene rings is 5. The van der Waals surface area contributed by atoms with E-state index in [1.54, 1.807) is 105 Å². The predicted octanol–water partition coefficient (Wildman–Crippen LogP) is 2.50. The number of carbonyl (C=O) groups is 11. The first kappa shape index (κ1) is 66.2. The molecule has 87 heavy (non-hydrogen) atoms. The van der Waals surface area contributed by atoms with E-state index in [4.69, 9.17) is 4.74 Å². The number of carboxylic acid groups (broad SMARTS) is 3. The van der Waals surface area contributed by atoms with Crippen molar-refractivity contribution < 1.29 is 77.9 Å². The Morgan fingerprint density at radius 3 is 1.24 bits per heavy atom. The topological polar surface area (TPSA) is 374 Å². The van der Waals surface area contributed by atoms with Gasteiger partial charge in [0.2, 0.25) is 41.4 Å². The highest BCUT2D eigenvalue weighted by Crippen LogP contribution is 2.44. The molecule has 0 aromatic heterocycles. The van der Waals surface area contributed by atoms with Crippen LogP contribution in [0.4, 0.5) is 4.79 Å². The third-order valence-corrected chi connectivity index (χ3v) is 14.2. The minimum Gasteiger partial charge on any atom is -0.481 e. The van der Waals surface area contributed by atoms with Gasteiger partial charge in [0, 0.05) is 25.2 Å². The molecule has 0 heterocycles. The second-order valence-electron chi connectivity index (χ2n) is 21.5. The summed E-state index contributed by atoms with van der Waals surface area (Å²) in [5, 5.41) is 59.4. The number of aliphatic carboxylic acids is 3. The van der Waals surface area contributed by atoms with Gasteiger partial charge in [0.25, 0.3) is 0 Å². The molecule has 6 rings (SSSR count). The molecule has 24 nitrogen and oxygen atoms in total. The lowest BCUT2D eigenvalue weighted by Gasteiger charge is -2.29. The monoisotopic (exact) mass is 1200 g/mol.